The number of rotatable bonds is 4. The van der Waals surface area contributed by atoms with E-state index in [4.69, 9.17) is 9.57 Å². The van der Waals surface area contributed by atoms with Crippen LogP contribution >= 0.6 is 0 Å². The zero-order chi connectivity index (χ0) is 19.3. The molecule has 2 aromatic rings. The molecule has 0 radical (unpaired) electrons. The Balaban J connectivity index is 1.52. The maximum absolute atomic E-state index is 12.1. The highest BCUT2D eigenvalue weighted by atomic mass is 16.7. The highest BCUT2D eigenvalue weighted by molar-refractivity contribution is 5.68. The van der Waals surface area contributed by atoms with E-state index < -0.39 is 5.60 Å². The van der Waals surface area contributed by atoms with Gasteiger partial charge in [-0.25, -0.2) is 4.79 Å². The van der Waals surface area contributed by atoms with Gasteiger partial charge in [-0.15, -0.1) is 5.06 Å². The standard InChI is InChI=1S/C20H26N4O3/c1-20(2,3)26-19(25)23-12-14-24(15-13-23)27-18-11-7-10-17(22-18)21-16-8-5-4-6-9-16/h4-11H,12-15H2,1-3H3,(H,21,22). The van der Waals surface area contributed by atoms with Crippen LogP contribution in [0.1, 0.15) is 20.8 Å². The van der Waals surface area contributed by atoms with Crippen LogP contribution in [0.3, 0.4) is 0 Å². The fourth-order valence-corrected chi connectivity index (χ4v) is 2.63. The number of anilines is 2. The smallest absolute Gasteiger partial charge is 0.410 e. The fraction of sp³-hybridized carbons (Fsp3) is 0.400. The molecule has 0 aliphatic carbocycles. The lowest BCUT2D eigenvalue weighted by atomic mass is 10.2. The number of para-hydroxylation sites is 1. The number of benzene rings is 1. The van der Waals surface area contributed by atoms with Gasteiger partial charge in [0.1, 0.15) is 11.4 Å². The molecule has 1 amide bonds. The van der Waals surface area contributed by atoms with Crippen molar-refractivity contribution in [2.75, 3.05) is 31.5 Å². The molecule has 1 saturated heterocycles. The quantitative estimate of drug-likeness (QED) is 0.886. The maximum Gasteiger partial charge on any atom is 0.410 e. The minimum Gasteiger partial charge on any atom is -0.444 e. The van der Waals surface area contributed by atoms with E-state index in [-0.39, 0.29) is 6.09 Å². The summed E-state index contributed by atoms with van der Waals surface area (Å²) in [4.78, 5) is 24.2. The van der Waals surface area contributed by atoms with Crippen molar-refractivity contribution in [1.82, 2.24) is 14.9 Å². The summed E-state index contributed by atoms with van der Waals surface area (Å²) in [5.74, 6) is 1.23. The summed E-state index contributed by atoms with van der Waals surface area (Å²) >= 11 is 0. The second kappa shape index (κ2) is 8.26. The number of ether oxygens (including phenoxy) is 1. The summed E-state index contributed by atoms with van der Waals surface area (Å²) in [6.07, 6.45) is -0.283. The number of nitrogens with one attached hydrogen (secondary N) is 1. The second-order valence-corrected chi connectivity index (χ2v) is 7.34. The van der Waals surface area contributed by atoms with Crippen molar-refractivity contribution in [2.45, 2.75) is 26.4 Å². The first kappa shape index (κ1) is 19.0. The third-order valence-electron chi connectivity index (χ3n) is 3.88. The predicted octanol–water partition coefficient (Wildman–Crippen LogP) is 3.67. The van der Waals surface area contributed by atoms with Crippen LogP contribution in [0.15, 0.2) is 48.5 Å². The number of hydrogen-bond acceptors (Lipinski definition) is 6. The third kappa shape index (κ3) is 5.86. The van der Waals surface area contributed by atoms with Gasteiger partial charge in [-0.3, -0.25) is 0 Å². The zero-order valence-electron chi connectivity index (χ0n) is 16.0. The van der Waals surface area contributed by atoms with Crippen LogP contribution in [0.4, 0.5) is 16.3 Å². The van der Waals surface area contributed by atoms with E-state index in [1.807, 2.05) is 74.4 Å². The van der Waals surface area contributed by atoms with Gasteiger partial charge >= 0.3 is 6.09 Å². The number of carbonyl (C=O) groups excluding carboxylic acids is 1. The number of nitrogens with zero attached hydrogens (tertiary/aromatic N) is 3. The van der Waals surface area contributed by atoms with E-state index in [2.05, 4.69) is 10.3 Å². The normalized spacial score (nSPS) is 15.3. The molecule has 1 aliphatic heterocycles. The van der Waals surface area contributed by atoms with Gasteiger partial charge in [0.25, 0.3) is 0 Å². The van der Waals surface area contributed by atoms with Crippen molar-refractivity contribution >= 4 is 17.6 Å². The van der Waals surface area contributed by atoms with E-state index >= 15 is 0 Å². The van der Waals surface area contributed by atoms with Crippen LogP contribution in [0, 0.1) is 0 Å². The number of aromatic nitrogens is 1. The van der Waals surface area contributed by atoms with Crippen LogP contribution in [0.2, 0.25) is 0 Å². The van der Waals surface area contributed by atoms with E-state index in [1.165, 1.54) is 0 Å². The van der Waals surface area contributed by atoms with Gasteiger partial charge in [-0.1, -0.05) is 24.3 Å². The highest BCUT2D eigenvalue weighted by Gasteiger charge is 2.26. The molecule has 1 aromatic heterocycles. The van der Waals surface area contributed by atoms with Crippen molar-refractivity contribution < 1.29 is 14.4 Å². The van der Waals surface area contributed by atoms with E-state index in [9.17, 15) is 4.79 Å². The highest BCUT2D eigenvalue weighted by Crippen LogP contribution is 2.18. The molecule has 1 aliphatic rings. The molecule has 1 fully saturated rings. The van der Waals surface area contributed by atoms with E-state index in [0.717, 1.165) is 5.69 Å². The van der Waals surface area contributed by atoms with E-state index in [1.54, 1.807) is 4.90 Å². The summed E-state index contributed by atoms with van der Waals surface area (Å²) < 4.78 is 5.41. The minimum absolute atomic E-state index is 0.283. The number of hydrogen-bond donors (Lipinski definition) is 1. The Morgan fingerprint density at radius 2 is 1.70 bits per heavy atom. The van der Waals surface area contributed by atoms with Gasteiger partial charge in [-0.05, 0) is 39.0 Å². The number of carbonyl (C=O) groups is 1. The van der Waals surface area contributed by atoms with Crippen molar-refractivity contribution in [3.05, 3.63) is 48.5 Å². The molecule has 3 rings (SSSR count). The Morgan fingerprint density at radius 3 is 2.37 bits per heavy atom. The van der Waals surface area contributed by atoms with Gasteiger partial charge in [0, 0.05) is 24.8 Å². The van der Waals surface area contributed by atoms with Crippen molar-refractivity contribution in [3.8, 4) is 5.88 Å². The van der Waals surface area contributed by atoms with Crippen molar-refractivity contribution in [1.29, 1.82) is 0 Å². The van der Waals surface area contributed by atoms with Crippen LogP contribution < -0.4 is 10.2 Å². The fourth-order valence-electron chi connectivity index (χ4n) is 2.63. The van der Waals surface area contributed by atoms with Gasteiger partial charge in [0.05, 0.1) is 13.1 Å². The molecular weight excluding hydrogens is 344 g/mol. The topological polar surface area (TPSA) is 66.9 Å². The van der Waals surface area contributed by atoms with Crippen LogP contribution in [0.5, 0.6) is 5.88 Å². The van der Waals surface area contributed by atoms with E-state index in [0.29, 0.717) is 37.9 Å². The average Bonchev–Trinajstić information content (AvgIpc) is 2.62. The Labute approximate surface area is 159 Å². The Bertz CT molecular complexity index is 753. The average molecular weight is 370 g/mol. The number of pyridine rings is 1. The first-order chi connectivity index (χ1) is 12.9. The molecule has 27 heavy (non-hydrogen) atoms. The lowest BCUT2D eigenvalue weighted by Gasteiger charge is -2.34. The zero-order valence-corrected chi connectivity index (χ0v) is 16.0. The summed E-state index contributed by atoms with van der Waals surface area (Å²) in [6.45, 7) is 7.90. The predicted molar refractivity (Wildman–Crippen MR) is 104 cm³/mol. The second-order valence-electron chi connectivity index (χ2n) is 7.34. The number of amides is 1. The van der Waals surface area contributed by atoms with Gasteiger partial charge in [-0.2, -0.15) is 4.98 Å². The Kier molecular flexibility index (Phi) is 5.81. The Morgan fingerprint density at radius 1 is 1.00 bits per heavy atom. The SMILES string of the molecule is CC(C)(C)OC(=O)N1CCN(Oc2cccc(Nc3ccccc3)n2)CC1. The number of piperazine rings is 1. The summed E-state index contributed by atoms with van der Waals surface area (Å²) in [7, 11) is 0. The molecule has 0 unspecified atom stereocenters. The lowest BCUT2D eigenvalue weighted by molar-refractivity contribution is -0.0918. The molecule has 0 atom stereocenters. The monoisotopic (exact) mass is 370 g/mol. The molecule has 7 nitrogen and oxygen atoms in total. The van der Waals surface area contributed by atoms with Crippen molar-refractivity contribution in [2.24, 2.45) is 0 Å². The first-order valence-corrected chi connectivity index (χ1v) is 9.09. The Hall–Kier alpha value is -2.80. The van der Waals surface area contributed by atoms with Gasteiger partial charge in [0.15, 0.2) is 0 Å². The van der Waals surface area contributed by atoms with Crippen LogP contribution in [-0.2, 0) is 4.74 Å². The molecule has 1 N–H and O–H groups in total. The maximum atomic E-state index is 12.1. The third-order valence-corrected chi connectivity index (χ3v) is 3.88. The molecule has 0 bridgehead atoms. The molecule has 0 saturated carbocycles. The number of hydroxylamine groups is 2. The molecular formula is C20H26N4O3. The largest absolute Gasteiger partial charge is 0.444 e. The van der Waals surface area contributed by atoms with Gasteiger partial charge < -0.3 is 19.8 Å². The summed E-state index contributed by atoms with van der Waals surface area (Å²) in [5, 5.41) is 5.06. The minimum atomic E-state index is -0.485. The summed E-state index contributed by atoms with van der Waals surface area (Å²) in [5.41, 5.74) is 0.481. The molecule has 2 heterocycles. The first-order valence-electron chi connectivity index (χ1n) is 9.09. The van der Waals surface area contributed by atoms with Crippen molar-refractivity contribution in [3.63, 3.8) is 0 Å². The lowest BCUT2D eigenvalue weighted by Crippen LogP contribution is -2.50. The molecule has 0 spiro atoms. The summed E-state index contributed by atoms with van der Waals surface area (Å²) in [6, 6.07) is 15.5. The molecule has 1 aromatic carbocycles. The van der Waals surface area contributed by atoms with Gasteiger partial charge in [0.2, 0.25) is 5.88 Å². The molecule has 7 heteroatoms. The molecule has 144 valence electrons. The van der Waals surface area contributed by atoms with Crippen LogP contribution in [0.25, 0.3) is 0 Å². The van der Waals surface area contributed by atoms with Crippen LogP contribution in [-0.4, -0.2) is 52.8 Å².